The first-order chi connectivity index (χ1) is 10.3. The van der Waals surface area contributed by atoms with Crippen molar-refractivity contribution in [1.29, 1.82) is 0 Å². The topological polar surface area (TPSA) is 46.3 Å². The molecule has 3 nitrogen and oxygen atoms in total. The molecule has 1 amide bonds. The lowest BCUT2D eigenvalue weighted by Crippen LogP contribution is -2.39. The van der Waals surface area contributed by atoms with Crippen molar-refractivity contribution >= 4 is 29.1 Å². The smallest absolute Gasteiger partial charge is 0.223 e. The molecule has 1 aliphatic rings. The first-order valence-corrected chi connectivity index (χ1v) is 7.75. The van der Waals surface area contributed by atoms with Crippen LogP contribution in [0.1, 0.15) is 24.8 Å². The Morgan fingerprint density at radius 3 is 2.73 bits per heavy atom. The summed E-state index contributed by atoms with van der Waals surface area (Å²) in [5.74, 6) is 0.246. The Morgan fingerprint density at radius 2 is 1.95 bits per heavy atom. The van der Waals surface area contributed by atoms with E-state index < -0.39 is 0 Å². The average Bonchev–Trinajstić information content (AvgIpc) is 3.01. The molecule has 1 unspecified atom stereocenters. The molecule has 0 aliphatic carbocycles. The minimum absolute atomic E-state index is 0. The Hall–Kier alpha value is -1.58. The summed E-state index contributed by atoms with van der Waals surface area (Å²) in [6.07, 6.45) is 3.52. The van der Waals surface area contributed by atoms with E-state index in [9.17, 15) is 4.79 Å². The maximum absolute atomic E-state index is 12.3. The van der Waals surface area contributed by atoms with Gasteiger partial charge >= 0.3 is 0 Å². The molecule has 0 bridgehead atoms. The highest BCUT2D eigenvalue weighted by molar-refractivity contribution is 5.85. The van der Waals surface area contributed by atoms with Crippen LogP contribution in [0.15, 0.2) is 42.5 Å². The number of fused-ring (bicyclic) bond motifs is 1. The molecule has 0 spiro atoms. The number of carbonyl (C=O) groups is 1. The lowest BCUT2D eigenvalue weighted by molar-refractivity contribution is -0.131. The van der Waals surface area contributed by atoms with Crippen LogP contribution in [0.25, 0.3) is 10.8 Å². The Kier molecular flexibility index (Phi) is 5.81. The third kappa shape index (κ3) is 3.60. The zero-order valence-electron chi connectivity index (χ0n) is 12.7. The van der Waals surface area contributed by atoms with Crippen LogP contribution in [-0.4, -0.2) is 29.9 Å². The second kappa shape index (κ2) is 7.61. The monoisotopic (exact) mass is 318 g/mol. The van der Waals surface area contributed by atoms with E-state index >= 15 is 0 Å². The van der Waals surface area contributed by atoms with Crippen molar-refractivity contribution in [3.63, 3.8) is 0 Å². The number of nitrogens with zero attached hydrogens (tertiary/aromatic N) is 1. The molecular formula is C18H23ClN2O. The van der Waals surface area contributed by atoms with Crippen LogP contribution in [0, 0.1) is 0 Å². The molecule has 0 saturated carbocycles. The van der Waals surface area contributed by atoms with Gasteiger partial charge in [0, 0.05) is 25.6 Å². The van der Waals surface area contributed by atoms with Gasteiger partial charge in [-0.25, -0.2) is 0 Å². The molecule has 0 radical (unpaired) electrons. The highest BCUT2D eigenvalue weighted by Gasteiger charge is 2.26. The van der Waals surface area contributed by atoms with Crippen LogP contribution < -0.4 is 5.73 Å². The Morgan fingerprint density at radius 1 is 1.18 bits per heavy atom. The minimum Gasteiger partial charge on any atom is -0.338 e. The summed E-state index contributed by atoms with van der Waals surface area (Å²) in [5, 5.41) is 2.48. The largest absolute Gasteiger partial charge is 0.338 e. The molecule has 1 aliphatic heterocycles. The van der Waals surface area contributed by atoms with Crippen molar-refractivity contribution in [2.24, 2.45) is 5.73 Å². The van der Waals surface area contributed by atoms with E-state index in [0.29, 0.717) is 13.0 Å². The fraction of sp³-hybridized carbons (Fsp3) is 0.389. The van der Waals surface area contributed by atoms with Crippen molar-refractivity contribution in [1.82, 2.24) is 4.90 Å². The predicted molar refractivity (Wildman–Crippen MR) is 93.3 cm³/mol. The van der Waals surface area contributed by atoms with Crippen LogP contribution >= 0.6 is 12.4 Å². The van der Waals surface area contributed by atoms with Gasteiger partial charge in [-0.1, -0.05) is 42.5 Å². The number of rotatable bonds is 4. The molecule has 0 aromatic heterocycles. The zero-order chi connectivity index (χ0) is 14.7. The van der Waals surface area contributed by atoms with E-state index in [1.807, 2.05) is 17.0 Å². The molecule has 118 valence electrons. The molecule has 2 N–H and O–H groups in total. The average molecular weight is 319 g/mol. The number of aryl methyl sites for hydroxylation is 1. The number of nitrogens with two attached hydrogens (primary N) is 1. The predicted octanol–water partition coefficient (Wildman–Crippen LogP) is 3.14. The number of carbonyl (C=O) groups excluding carboxylic acids is 1. The molecule has 1 saturated heterocycles. The van der Waals surface area contributed by atoms with Gasteiger partial charge in [0.1, 0.15) is 0 Å². The SMILES string of the molecule is Cl.NCC1CCCN1C(=O)CCc1ccc2ccccc2c1. The fourth-order valence-corrected chi connectivity index (χ4v) is 3.20. The molecule has 1 heterocycles. The highest BCUT2D eigenvalue weighted by Crippen LogP contribution is 2.20. The van der Waals surface area contributed by atoms with E-state index in [-0.39, 0.29) is 24.4 Å². The van der Waals surface area contributed by atoms with Crippen molar-refractivity contribution in [2.45, 2.75) is 31.7 Å². The molecule has 1 atom stereocenters. The highest BCUT2D eigenvalue weighted by atomic mass is 35.5. The molecule has 3 rings (SSSR count). The van der Waals surface area contributed by atoms with Crippen LogP contribution in [0.4, 0.5) is 0 Å². The second-order valence-electron chi connectivity index (χ2n) is 5.80. The van der Waals surface area contributed by atoms with E-state index in [2.05, 4.69) is 30.3 Å². The van der Waals surface area contributed by atoms with Gasteiger partial charge in [0.25, 0.3) is 0 Å². The summed E-state index contributed by atoms with van der Waals surface area (Å²) in [6, 6.07) is 15.0. The lowest BCUT2D eigenvalue weighted by Gasteiger charge is -2.23. The summed E-state index contributed by atoms with van der Waals surface area (Å²) in [6.45, 7) is 1.46. The van der Waals surface area contributed by atoms with Crippen molar-refractivity contribution in [3.05, 3.63) is 48.0 Å². The van der Waals surface area contributed by atoms with Gasteiger partial charge in [-0.15, -0.1) is 12.4 Å². The Bertz CT molecular complexity index is 644. The van der Waals surface area contributed by atoms with Crippen molar-refractivity contribution in [3.8, 4) is 0 Å². The zero-order valence-corrected chi connectivity index (χ0v) is 13.5. The molecule has 1 fully saturated rings. The van der Waals surface area contributed by atoms with E-state index in [1.54, 1.807) is 0 Å². The second-order valence-corrected chi connectivity index (χ2v) is 5.80. The molecule has 2 aromatic carbocycles. The van der Waals surface area contributed by atoms with Gasteiger partial charge in [0.2, 0.25) is 5.91 Å². The van der Waals surface area contributed by atoms with Gasteiger partial charge in [0.15, 0.2) is 0 Å². The third-order valence-electron chi connectivity index (χ3n) is 4.41. The standard InChI is InChI=1S/C18H22N2O.ClH/c19-13-17-6-3-11-20(17)18(21)10-8-14-7-9-15-4-1-2-5-16(15)12-14;/h1-2,4-5,7,9,12,17H,3,6,8,10-11,13,19H2;1H. The summed E-state index contributed by atoms with van der Waals surface area (Å²) < 4.78 is 0. The fourth-order valence-electron chi connectivity index (χ4n) is 3.20. The molecule has 4 heteroatoms. The van der Waals surface area contributed by atoms with E-state index in [0.717, 1.165) is 25.8 Å². The van der Waals surface area contributed by atoms with Crippen LogP contribution in [0.2, 0.25) is 0 Å². The summed E-state index contributed by atoms with van der Waals surface area (Å²) in [5.41, 5.74) is 6.96. The third-order valence-corrected chi connectivity index (χ3v) is 4.41. The van der Waals surface area contributed by atoms with Gasteiger partial charge in [0.05, 0.1) is 0 Å². The summed E-state index contributed by atoms with van der Waals surface area (Å²) >= 11 is 0. The number of hydrogen-bond donors (Lipinski definition) is 1. The first-order valence-electron chi connectivity index (χ1n) is 7.75. The maximum atomic E-state index is 12.3. The number of hydrogen-bond acceptors (Lipinski definition) is 2. The molecule has 22 heavy (non-hydrogen) atoms. The quantitative estimate of drug-likeness (QED) is 0.941. The van der Waals surface area contributed by atoms with Crippen molar-refractivity contribution < 1.29 is 4.79 Å². The van der Waals surface area contributed by atoms with Gasteiger partial charge in [-0.05, 0) is 35.6 Å². The number of benzene rings is 2. The molecular weight excluding hydrogens is 296 g/mol. The van der Waals surface area contributed by atoms with E-state index in [4.69, 9.17) is 5.73 Å². The summed E-state index contributed by atoms with van der Waals surface area (Å²) in [7, 11) is 0. The van der Waals surface area contributed by atoms with E-state index in [1.165, 1.54) is 16.3 Å². The van der Waals surface area contributed by atoms with Crippen LogP contribution in [-0.2, 0) is 11.2 Å². The van der Waals surface area contributed by atoms with Gasteiger partial charge < -0.3 is 10.6 Å². The van der Waals surface area contributed by atoms with Gasteiger partial charge in [-0.3, -0.25) is 4.79 Å². The number of likely N-dealkylation sites (tertiary alicyclic amines) is 1. The Balaban J connectivity index is 0.00000176. The molecule has 2 aromatic rings. The number of halogens is 1. The first kappa shape index (κ1) is 16.8. The minimum atomic E-state index is 0. The lowest BCUT2D eigenvalue weighted by atomic mass is 10.0. The normalized spacial score (nSPS) is 17.5. The van der Waals surface area contributed by atoms with Crippen LogP contribution in [0.3, 0.4) is 0 Å². The van der Waals surface area contributed by atoms with Gasteiger partial charge in [-0.2, -0.15) is 0 Å². The van der Waals surface area contributed by atoms with Crippen molar-refractivity contribution in [2.75, 3.05) is 13.1 Å². The summed E-state index contributed by atoms with van der Waals surface area (Å²) in [4.78, 5) is 14.3. The maximum Gasteiger partial charge on any atom is 0.223 e. The Labute approximate surface area is 137 Å². The van der Waals surface area contributed by atoms with Crippen LogP contribution in [0.5, 0.6) is 0 Å². The number of amides is 1.